The molecule has 0 atom stereocenters. The van der Waals surface area contributed by atoms with Gasteiger partial charge >= 0.3 is 0 Å². The molecule has 9 heteroatoms. The van der Waals surface area contributed by atoms with Gasteiger partial charge in [0.2, 0.25) is 5.91 Å². The predicted octanol–water partition coefficient (Wildman–Crippen LogP) is 3.15. The Hall–Kier alpha value is -3.00. The van der Waals surface area contributed by atoms with E-state index in [0.29, 0.717) is 30.5 Å². The lowest BCUT2D eigenvalue weighted by molar-refractivity contribution is -0.120. The fraction of sp³-hybridized carbons (Fsp3) is 0.300. The third-order valence-electron chi connectivity index (χ3n) is 4.20. The second-order valence-corrected chi connectivity index (χ2v) is 7.06. The summed E-state index contributed by atoms with van der Waals surface area (Å²) in [4.78, 5) is 20.8. The van der Waals surface area contributed by atoms with E-state index in [2.05, 4.69) is 25.7 Å². The second kappa shape index (κ2) is 9.00. The molecule has 0 aliphatic rings. The zero-order valence-corrected chi connectivity index (χ0v) is 17.2. The van der Waals surface area contributed by atoms with Crippen LogP contribution in [-0.4, -0.2) is 38.7 Å². The van der Waals surface area contributed by atoms with Crippen LogP contribution in [0.4, 0.5) is 10.2 Å². The van der Waals surface area contributed by atoms with Crippen LogP contribution in [0.5, 0.6) is 0 Å². The maximum Gasteiger partial charge on any atom is 0.224 e. The van der Waals surface area contributed by atoms with E-state index in [1.165, 1.54) is 12.1 Å². The largest absolute Gasteiger partial charge is 0.368 e. The highest BCUT2D eigenvalue weighted by Gasteiger charge is 2.12. The van der Waals surface area contributed by atoms with E-state index in [0.717, 1.165) is 11.4 Å². The fourth-order valence-corrected chi connectivity index (χ4v) is 3.16. The average Bonchev–Trinajstić information content (AvgIpc) is 3.00. The summed E-state index contributed by atoms with van der Waals surface area (Å²) < 4.78 is 15.5. The highest BCUT2D eigenvalue weighted by atomic mass is 35.5. The molecular weight excluding hydrogens is 395 g/mol. The van der Waals surface area contributed by atoms with Crippen molar-refractivity contribution in [1.82, 2.24) is 25.1 Å². The van der Waals surface area contributed by atoms with Gasteiger partial charge in [0.05, 0.1) is 12.1 Å². The molecule has 2 N–H and O–H groups in total. The molecule has 0 fully saturated rings. The van der Waals surface area contributed by atoms with E-state index in [4.69, 9.17) is 11.6 Å². The van der Waals surface area contributed by atoms with Crippen molar-refractivity contribution in [2.24, 2.45) is 0 Å². The zero-order chi connectivity index (χ0) is 21.0. The van der Waals surface area contributed by atoms with Crippen molar-refractivity contribution in [3.05, 3.63) is 63.9 Å². The number of carbonyl (C=O) groups is 1. The summed E-state index contributed by atoms with van der Waals surface area (Å²) in [6.07, 6.45) is -0.111. The maximum atomic E-state index is 13.8. The van der Waals surface area contributed by atoms with Crippen LogP contribution in [0.3, 0.4) is 0 Å². The summed E-state index contributed by atoms with van der Waals surface area (Å²) in [5.41, 5.74) is 2.08. The molecule has 0 aliphatic heterocycles. The van der Waals surface area contributed by atoms with Crippen LogP contribution in [0.15, 0.2) is 30.3 Å². The number of aromatic nitrogens is 4. The van der Waals surface area contributed by atoms with Crippen molar-refractivity contribution in [3.8, 4) is 5.82 Å². The molecule has 1 amide bonds. The molecule has 3 rings (SSSR count). The van der Waals surface area contributed by atoms with E-state index in [-0.39, 0.29) is 22.9 Å². The van der Waals surface area contributed by atoms with Gasteiger partial charge in [-0.25, -0.2) is 19.0 Å². The highest BCUT2D eigenvalue weighted by Crippen LogP contribution is 2.19. The summed E-state index contributed by atoms with van der Waals surface area (Å²) in [7, 11) is 0. The van der Waals surface area contributed by atoms with Crippen molar-refractivity contribution in [2.75, 3.05) is 18.4 Å². The van der Waals surface area contributed by atoms with Crippen LogP contribution in [0, 0.1) is 26.6 Å². The monoisotopic (exact) mass is 416 g/mol. The lowest BCUT2D eigenvalue weighted by Crippen LogP contribution is -2.30. The molecule has 152 valence electrons. The number of anilines is 1. The van der Waals surface area contributed by atoms with E-state index in [1.807, 2.05) is 19.9 Å². The first-order valence-electron chi connectivity index (χ1n) is 9.16. The minimum absolute atomic E-state index is 0.111. The number of nitrogens with one attached hydrogen (secondary N) is 2. The summed E-state index contributed by atoms with van der Waals surface area (Å²) in [6, 6.07) is 8.13. The van der Waals surface area contributed by atoms with Gasteiger partial charge in [0.1, 0.15) is 17.5 Å². The van der Waals surface area contributed by atoms with Crippen LogP contribution < -0.4 is 10.6 Å². The first-order valence-corrected chi connectivity index (χ1v) is 9.54. The van der Waals surface area contributed by atoms with E-state index in [1.54, 1.807) is 23.7 Å². The van der Waals surface area contributed by atoms with Crippen molar-refractivity contribution in [3.63, 3.8) is 0 Å². The lowest BCUT2D eigenvalue weighted by Gasteiger charge is -2.11. The third kappa shape index (κ3) is 5.29. The van der Waals surface area contributed by atoms with Gasteiger partial charge in [0.25, 0.3) is 0 Å². The molecule has 0 spiro atoms. The zero-order valence-electron chi connectivity index (χ0n) is 16.5. The molecule has 0 aliphatic carbocycles. The first kappa shape index (κ1) is 20.7. The van der Waals surface area contributed by atoms with Gasteiger partial charge in [-0.05, 0) is 39.0 Å². The molecule has 2 aromatic heterocycles. The first-order chi connectivity index (χ1) is 13.8. The van der Waals surface area contributed by atoms with Gasteiger partial charge in [-0.2, -0.15) is 5.10 Å². The number of benzene rings is 1. The Labute approximate surface area is 173 Å². The lowest BCUT2D eigenvalue weighted by atomic mass is 10.1. The standard InChI is InChI=1S/C20H22ClFN6O/c1-12-9-13(2)28(27-12)19-11-18(25-14(3)26-19)23-7-8-24-20(29)10-15-16(21)5-4-6-17(15)22/h4-6,9,11H,7-8,10H2,1-3H3,(H,24,29)(H,23,25,26). The summed E-state index contributed by atoms with van der Waals surface area (Å²) in [6.45, 7) is 6.49. The normalized spacial score (nSPS) is 10.8. The molecule has 2 heterocycles. The number of amides is 1. The van der Waals surface area contributed by atoms with Gasteiger partial charge in [0.15, 0.2) is 5.82 Å². The van der Waals surface area contributed by atoms with Gasteiger partial charge in [-0.3, -0.25) is 4.79 Å². The van der Waals surface area contributed by atoms with E-state index < -0.39 is 5.82 Å². The van der Waals surface area contributed by atoms with Crippen molar-refractivity contribution in [1.29, 1.82) is 0 Å². The van der Waals surface area contributed by atoms with Crippen LogP contribution in [0.25, 0.3) is 5.82 Å². The molecule has 0 saturated carbocycles. The molecule has 0 bridgehead atoms. The van der Waals surface area contributed by atoms with Crippen LogP contribution >= 0.6 is 11.6 Å². The molecular formula is C20H22ClFN6O. The summed E-state index contributed by atoms with van der Waals surface area (Å²) in [5.74, 6) is 1.12. The number of nitrogens with zero attached hydrogens (tertiary/aromatic N) is 4. The molecule has 3 aromatic rings. The number of aryl methyl sites for hydroxylation is 3. The van der Waals surface area contributed by atoms with Crippen LogP contribution in [0.2, 0.25) is 5.02 Å². The Kier molecular flexibility index (Phi) is 6.43. The van der Waals surface area contributed by atoms with Gasteiger partial charge in [-0.1, -0.05) is 17.7 Å². The minimum Gasteiger partial charge on any atom is -0.368 e. The quantitative estimate of drug-likeness (QED) is 0.578. The van der Waals surface area contributed by atoms with Crippen LogP contribution in [-0.2, 0) is 11.2 Å². The maximum absolute atomic E-state index is 13.8. The smallest absolute Gasteiger partial charge is 0.224 e. The summed E-state index contributed by atoms with van der Waals surface area (Å²) >= 11 is 5.95. The van der Waals surface area contributed by atoms with E-state index >= 15 is 0 Å². The number of carbonyl (C=O) groups excluding carboxylic acids is 1. The van der Waals surface area contributed by atoms with Gasteiger partial charge in [0, 0.05) is 35.4 Å². The molecule has 1 aromatic carbocycles. The molecule has 0 saturated heterocycles. The Morgan fingerprint density at radius 2 is 1.97 bits per heavy atom. The predicted molar refractivity (Wildman–Crippen MR) is 110 cm³/mol. The number of hydrogen-bond donors (Lipinski definition) is 2. The van der Waals surface area contributed by atoms with Crippen molar-refractivity contribution in [2.45, 2.75) is 27.2 Å². The Bertz CT molecular complexity index is 1020. The number of rotatable bonds is 7. The molecule has 0 radical (unpaired) electrons. The van der Waals surface area contributed by atoms with Gasteiger partial charge < -0.3 is 10.6 Å². The second-order valence-electron chi connectivity index (χ2n) is 6.65. The minimum atomic E-state index is -0.487. The Morgan fingerprint density at radius 1 is 1.17 bits per heavy atom. The number of halogens is 2. The van der Waals surface area contributed by atoms with E-state index in [9.17, 15) is 9.18 Å². The molecule has 7 nitrogen and oxygen atoms in total. The SMILES string of the molecule is Cc1cc(C)n(-c2cc(NCCNC(=O)Cc3c(F)cccc3Cl)nc(C)n2)n1. The average molecular weight is 417 g/mol. The number of hydrogen-bond acceptors (Lipinski definition) is 5. The third-order valence-corrected chi connectivity index (χ3v) is 4.56. The topological polar surface area (TPSA) is 84.7 Å². The van der Waals surface area contributed by atoms with Crippen LogP contribution in [0.1, 0.15) is 22.8 Å². The fourth-order valence-electron chi connectivity index (χ4n) is 2.93. The Balaban J connectivity index is 1.55. The Morgan fingerprint density at radius 3 is 2.66 bits per heavy atom. The van der Waals surface area contributed by atoms with Gasteiger partial charge in [-0.15, -0.1) is 0 Å². The molecule has 0 unspecified atom stereocenters. The molecule has 29 heavy (non-hydrogen) atoms. The van der Waals surface area contributed by atoms with Crippen molar-refractivity contribution >= 4 is 23.3 Å². The van der Waals surface area contributed by atoms with Crippen molar-refractivity contribution < 1.29 is 9.18 Å². The summed E-state index contributed by atoms with van der Waals surface area (Å²) in [5, 5.41) is 10.6. The highest BCUT2D eigenvalue weighted by molar-refractivity contribution is 6.31.